The van der Waals surface area contributed by atoms with E-state index in [4.69, 9.17) is 0 Å². The van der Waals surface area contributed by atoms with Crippen molar-refractivity contribution in [3.8, 4) is 0 Å². The van der Waals surface area contributed by atoms with Crippen LogP contribution >= 0.6 is 0 Å². The van der Waals surface area contributed by atoms with Crippen LogP contribution < -0.4 is 0 Å². The monoisotopic (exact) mass is 152 g/mol. The maximum atomic E-state index is 2.50. The molecule has 3 fully saturated rings. The SMILES string of the molecule is CCC1(CC)C2CC1(C)C2C. The second kappa shape index (κ2) is 1.84. The molecule has 11 heavy (non-hydrogen) atoms. The van der Waals surface area contributed by atoms with Crippen LogP contribution in [0.2, 0.25) is 0 Å². The highest BCUT2D eigenvalue weighted by molar-refractivity contribution is 5.23. The molecule has 0 aromatic heterocycles. The van der Waals surface area contributed by atoms with Crippen LogP contribution in [0, 0.1) is 22.7 Å². The highest BCUT2D eigenvalue weighted by Gasteiger charge is 2.74. The Bertz CT molecular complexity index is 178. The van der Waals surface area contributed by atoms with Crippen molar-refractivity contribution in [1.82, 2.24) is 0 Å². The lowest BCUT2D eigenvalue weighted by molar-refractivity contribution is -0.321. The standard InChI is InChI=1S/C11H20/c1-5-11(6-2)9-7-10(11,4)8(9)3/h8-9H,5-7H2,1-4H3. The molecular weight excluding hydrogens is 132 g/mol. The first-order valence-electron chi connectivity index (χ1n) is 5.12. The zero-order chi connectivity index (χ0) is 8.28. The van der Waals surface area contributed by atoms with Crippen LogP contribution in [0.3, 0.4) is 0 Å². The molecule has 64 valence electrons. The molecule has 3 saturated carbocycles. The molecule has 3 rings (SSSR count). The number of hydrogen-bond donors (Lipinski definition) is 0. The van der Waals surface area contributed by atoms with Gasteiger partial charge in [-0.1, -0.05) is 27.7 Å². The van der Waals surface area contributed by atoms with Gasteiger partial charge in [0.2, 0.25) is 0 Å². The quantitative estimate of drug-likeness (QED) is 0.568. The van der Waals surface area contributed by atoms with Gasteiger partial charge in [-0.05, 0) is 41.9 Å². The average molecular weight is 152 g/mol. The molecule has 0 spiro atoms. The van der Waals surface area contributed by atoms with Crippen molar-refractivity contribution in [3.05, 3.63) is 0 Å². The van der Waals surface area contributed by atoms with E-state index in [1.165, 1.54) is 19.3 Å². The highest BCUT2D eigenvalue weighted by Crippen LogP contribution is 2.81. The van der Waals surface area contributed by atoms with E-state index in [2.05, 4.69) is 27.7 Å². The maximum Gasteiger partial charge on any atom is -0.0215 e. The lowest BCUT2D eigenvalue weighted by Gasteiger charge is -2.80. The van der Waals surface area contributed by atoms with Gasteiger partial charge in [-0.15, -0.1) is 0 Å². The minimum absolute atomic E-state index is 0.737. The number of hydrogen-bond acceptors (Lipinski definition) is 0. The Hall–Kier alpha value is 0. The summed E-state index contributed by atoms with van der Waals surface area (Å²) in [7, 11) is 0. The van der Waals surface area contributed by atoms with Crippen LogP contribution in [0.1, 0.15) is 47.0 Å². The molecule has 0 amide bonds. The van der Waals surface area contributed by atoms with Gasteiger partial charge >= 0.3 is 0 Å². The number of rotatable bonds is 2. The summed E-state index contributed by atoms with van der Waals surface area (Å²) in [5.41, 5.74) is 1.51. The second-order valence-corrected chi connectivity index (χ2v) is 4.88. The van der Waals surface area contributed by atoms with Gasteiger partial charge in [0.25, 0.3) is 0 Å². The molecule has 3 aliphatic carbocycles. The van der Waals surface area contributed by atoms with Crippen molar-refractivity contribution in [1.29, 1.82) is 0 Å². The van der Waals surface area contributed by atoms with E-state index in [9.17, 15) is 0 Å². The Morgan fingerprint density at radius 3 is 1.91 bits per heavy atom. The molecule has 3 aliphatic rings. The highest BCUT2D eigenvalue weighted by atomic mass is 14.8. The predicted octanol–water partition coefficient (Wildman–Crippen LogP) is 3.47. The Labute approximate surface area is 70.4 Å². The normalized spacial score (nSPS) is 51.3. The topological polar surface area (TPSA) is 0 Å². The Balaban J connectivity index is 2.21. The molecule has 0 aromatic rings. The van der Waals surface area contributed by atoms with Crippen molar-refractivity contribution in [3.63, 3.8) is 0 Å². The van der Waals surface area contributed by atoms with Crippen molar-refractivity contribution >= 4 is 0 Å². The molecule has 0 N–H and O–H groups in total. The van der Waals surface area contributed by atoms with E-state index in [1.54, 1.807) is 0 Å². The first-order valence-corrected chi connectivity index (χ1v) is 5.12. The molecule has 0 heterocycles. The minimum atomic E-state index is 0.737. The first kappa shape index (κ1) is 7.64. The summed E-state index contributed by atoms with van der Waals surface area (Å²) in [6.07, 6.45) is 4.35. The van der Waals surface area contributed by atoms with Gasteiger partial charge in [-0.25, -0.2) is 0 Å². The molecule has 3 atom stereocenters. The summed E-state index contributed by atoms with van der Waals surface area (Å²) in [6.45, 7) is 9.70. The molecule has 0 radical (unpaired) electrons. The molecule has 0 aliphatic heterocycles. The first-order chi connectivity index (χ1) is 5.12. The fraction of sp³-hybridized carbons (Fsp3) is 1.00. The van der Waals surface area contributed by atoms with Crippen molar-refractivity contribution < 1.29 is 0 Å². The second-order valence-electron chi connectivity index (χ2n) is 4.88. The van der Waals surface area contributed by atoms with Gasteiger partial charge in [0, 0.05) is 0 Å². The van der Waals surface area contributed by atoms with Crippen LogP contribution in [0.4, 0.5) is 0 Å². The lowest BCUT2D eigenvalue weighted by Crippen LogP contribution is -2.74. The zero-order valence-electron chi connectivity index (χ0n) is 8.28. The van der Waals surface area contributed by atoms with Gasteiger partial charge in [-0.3, -0.25) is 0 Å². The van der Waals surface area contributed by atoms with E-state index >= 15 is 0 Å². The molecule has 0 heteroatoms. The van der Waals surface area contributed by atoms with Gasteiger partial charge in [0.05, 0.1) is 0 Å². The Morgan fingerprint density at radius 1 is 1.27 bits per heavy atom. The van der Waals surface area contributed by atoms with Crippen molar-refractivity contribution in [2.75, 3.05) is 0 Å². The van der Waals surface area contributed by atoms with E-state index in [0.29, 0.717) is 0 Å². The third-order valence-corrected chi connectivity index (χ3v) is 5.36. The van der Waals surface area contributed by atoms with Gasteiger partial charge in [0.1, 0.15) is 0 Å². The summed E-state index contributed by atoms with van der Waals surface area (Å²) in [4.78, 5) is 0. The summed E-state index contributed by atoms with van der Waals surface area (Å²) in [6, 6.07) is 0. The third kappa shape index (κ3) is 0.494. The largest absolute Gasteiger partial charge is 0.0648 e. The molecule has 3 unspecified atom stereocenters. The maximum absolute atomic E-state index is 2.50. The van der Waals surface area contributed by atoms with E-state index in [-0.39, 0.29) is 0 Å². The van der Waals surface area contributed by atoms with Crippen LogP contribution in [-0.2, 0) is 0 Å². The molecule has 0 nitrogen and oxygen atoms in total. The predicted molar refractivity (Wildman–Crippen MR) is 48.4 cm³/mol. The fourth-order valence-electron chi connectivity index (χ4n) is 4.21. The average Bonchev–Trinajstić information content (AvgIpc) is 2.04. The van der Waals surface area contributed by atoms with Gasteiger partial charge in [0.15, 0.2) is 0 Å². The molecular formula is C11H20. The van der Waals surface area contributed by atoms with E-state index in [1.807, 2.05) is 0 Å². The minimum Gasteiger partial charge on any atom is -0.0648 e. The van der Waals surface area contributed by atoms with Crippen molar-refractivity contribution in [2.45, 2.75) is 47.0 Å². The van der Waals surface area contributed by atoms with Crippen LogP contribution in [0.5, 0.6) is 0 Å². The van der Waals surface area contributed by atoms with E-state index < -0.39 is 0 Å². The van der Waals surface area contributed by atoms with Gasteiger partial charge < -0.3 is 0 Å². The van der Waals surface area contributed by atoms with Crippen LogP contribution in [-0.4, -0.2) is 0 Å². The summed E-state index contributed by atoms with van der Waals surface area (Å²) in [5.74, 6) is 2.12. The molecule has 0 aromatic carbocycles. The Morgan fingerprint density at radius 2 is 1.82 bits per heavy atom. The summed E-state index contributed by atoms with van der Waals surface area (Å²) >= 11 is 0. The molecule has 0 saturated heterocycles. The Kier molecular flexibility index (Phi) is 1.28. The fourth-order valence-corrected chi connectivity index (χ4v) is 4.21. The zero-order valence-corrected chi connectivity index (χ0v) is 8.28. The summed E-state index contributed by atoms with van der Waals surface area (Å²) < 4.78 is 0. The summed E-state index contributed by atoms with van der Waals surface area (Å²) in [5, 5.41) is 0. The lowest BCUT2D eigenvalue weighted by atomic mass is 9.24. The van der Waals surface area contributed by atoms with Crippen LogP contribution in [0.25, 0.3) is 0 Å². The smallest absolute Gasteiger partial charge is 0.0215 e. The van der Waals surface area contributed by atoms with Crippen LogP contribution in [0.15, 0.2) is 0 Å². The van der Waals surface area contributed by atoms with Gasteiger partial charge in [-0.2, -0.15) is 0 Å². The molecule has 2 bridgehead atoms. The van der Waals surface area contributed by atoms with Crippen molar-refractivity contribution in [2.24, 2.45) is 22.7 Å². The van der Waals surface area contributed by atoms with E-state index in [0.717, 1.165) is 22.7 Å². The third-order valence-electron chi connectivity index (χ3n) is 5.36.